The Morgan fingerprint density at radius 2 is 2.13 bits per heavy atom. The van der Waals surface area contributed by atoms with Crippen molar-refractivity contribution in [3.05, 3.63) is 29.8 Å². The zero-order valence-electron chi connectivity index (χ0n) is 9.41. The molecule has 15 heavy (non-hydrogen) atoms. The van der Waals surface area contributed by atoms with Crippen LogP contribution in [-0.2, 0) is 0 Å². The first kappa shape index (κ1) is 11.4. The largest absolute Gasteiger partial charge is 0.497 e. The van der Waals surface area contributed by atoms with Crippen molar-refractivity contribution in [2.24, 2.45) is 0 Å². The monoisotopic (exact) mass is 207 g/mol. The van der Waals surface area contributed by atoms with Gasteiger partial charge in [0.15, 0.2) is 0 Å². The van der Waals surface area contributed by atoms with Crippen LogP contribution in [0.5, 0.6) is 11.5 Å². The first-order chi connectivity index (χ1) is 7.13. The molecular weight excluding hydrogens is 190 g/mol. The highest BCUT2D eigenvalue weighted by Gasteiger charge is 2.01. The van der Waals surface area contributed by atoms with Crippen LogP contribution < -0.4 is 15.2 Å². The molecule has 0 aliphatic heterocycles. The van der Waals surface area contributed by atoms with Gasteiger partial charge in [-0.15, -0.1) is 0 Å². The summed E-state index contributed by atoms with van der Waals surface area (Å²) < 4.78 is 10.6. The molecule has 0 atom stereocenters. The van der Waals surface area contributed by atoms with E-state index >= 15 is 0 Å². The van der Waals surface area contributed by atoms with Gasteiger partial charge in [0.1, 0.15) is 18.1 Å². The van der Waals surface area contributed by atoms with Crippen molar-refractivity contribution in [3.8, 4) is 11.5 Å². The van der Waals surface area contributed by atoms with Crippen molar-refractivity contribution in [1.29, 1.82) is 0 Å². The van der Waals surface area contributed by atoms with E-state index < -0.39 is 0 Å². The van der Waals surface area contributed by atoms with Crippen LogP contribution in [0, 0.1) is 0 Å². The fourth-order valence-electron chi connectivity index (χ4n) is 1.06. The fourth-order valence-corrected chi connectivity index (χ4v) is 1.06. The van der Waals surface area contributed by atoms with Gasteiger partial charge in [-0.25, -0.2) is 0 Å². The molecule has 0 aliphatic carbocycles. The lowest BCUT2D eigenvalue weighted by molar-refractivity contribution is 0.358. The molecule has 1 rings (SSSR count). The number of hydrogen-bond acceptors (Lipinski definition) is 3. The molecule has 0 amide bonds. The molecule has 82 valence electrons. The summed E-state index contributed by atoms with van der Waals surface area (Å²) in [7, 11) is 1.62. The fraction of sp³-hybridized carbons (Fsp3) is 0.333. The van der Waals surface area contributed by atoms with Crippen LogP contribution in [-0.4, -0.2) is 13.7 Å². The SMILES string of the molecule is COc1ccc(N)c(OCC=C(C)C)c1. The highest BCUT2D eigenvalue weighted by atomic mass is 16.5. The van der Waals surface area contributed by atoms with Gasteiger partial charge in [-0.1, -0.05) is 5.57 Å². The van der Waals surface area contributed by atoms with Crippen LogP contribution in [0.3, 0.4) is 0 Å². The van der Waals surface area contributed by atoms with E-state index in [0.717, 1.165) is 5.75 Å². The minimum Gasteiger partial charge on any atom is -0.497 e. The summed E-state index contributed by atoms with van der Waals surface area (Å²) in [5.41, 5.74) is 7.60. The Kier molecular flexibility index (Phi) is 4.03. The molecular formula is C12H17NO2. The number of rotatable bonds is 4. The normalized spacial score (nSPS) is 9.53. The Morgan fingerprint density at radius 1 is 1.40 bits per heavy atom. The lowest BCUT2D eigenvalue weighted by Crippen LogP contribution is -1.98. The molecule has 0 saturated carbocycles. The van der Waals surface area contributed by atoms with E-state index in [2.05, 4.69) is 0 Å². The topological polar surface area (TPSA) is 44.5 Å². The highest BCUT2D eigenvalue weighted by Crippen LogP contribution is 2.26. The second-order valence-electron chi connectivity index (χ2n) is 3.50. The Hall–Kier alpha value is -1.64. The predicted octanol–water partition coefficient (Wildman–Crippen LogP) is 2.62. The minimum atomic E-state index is 0.527. The molecule has 2 N–H and O–H groups in total. The van der Waals surface area contributed by atoms with Gasteiger partial charge in [-0.3, -0.25) is 0 Å². The zero-order chi connectivity index (χ0) is 11.3. The van der Waals surface area contributed by atoms with Crippen LogP contribution >= 0.6 is 0 Å². The van der Waals surface area contributed by atoms with Crippen molar-refractivity contribution >= 4 is 5.69 Å². The number of methoxy groups -OCH3 is 1. The Balaban J connectivity index is 2.71. The summed E-state index contributed by atoms with van der Waals surface area (Å²) in [6.07, 6.45) is 2.00. The molecule has 1 aromatic rings. The van der Waals surface area contributed by atoms with Gasteiger partial charge >= 0.3 is 0 Å². The smallest absolute Gasteiger partial charge is 0.146 e. The summed E-state index contributed by atoms with van der Waals surface area (Å²) in [5.74, 6) is 1.41. The number of anilines is 1. The van der Waals surface area contributed by atoms with Crippen molar-refractivity contribution < 1.29 is 9.47 Å². The van der Waals surface area contributed by atoms with Gasteiger partial charge in [0.2, 0.25) is 0 Å². The average molecular weight is 207 g/mol. The second-order valence-corrected chi connectivity index (χ2v) is 3.50. The maximum atomic E-state index is 5.76. The van der Waals surface area contributed by atoms with Crippen molar-refractivity contribution in [2.45, 2.75) is 13.8 Å². The quantitative estimate of drug-likeness (QED) is 0.609. The Labute approximate surface area is 90.5 Å². The van der Waals surface area contributed by atoms with Gasteiger partial charge in [-0.2, -0.15) is 0 Å². The van der Waals surface area contributed by atoms with E-state index in [-0.39, 0.29) is 0 Å². The molecule has 0 saturated heterocycles. The van der Waals surface area contributed by atoms with Gasteiger partial charge in [-0.05, 0) is 32.1 Å². The van der Waals surface area contributed by atoms with Crippen molar-refractivity contribution in [3.63, 3.8) is 0 Å². The van der Waals surface area contributed by atoms with Gasteiger partial charge < -0.3 is 15.2 Å². The molecule has 3 heteroatoms. The first-order valence-electron chi connectivity index (χ1n) is 4.83. The minimum absolute atomic E-state index is 0.527. The van der Waals surface area contributed by atoms with E-state index in [4.69, 9.17) is 15.2 Å². The summed E-state index contributed by atoms with van der Waals surface area (Å²) in [6.45, 7) is 4.58. The molecule has 0 bridgehead atoms. The van der Waals surface area contributed by atoms with Crippen molar-refractivity contribution in [2.75, 3.05) is 19.5 Å². The molecule has 3 nitrogen and oxygen atoms in total. The third-order valence-corrected chi connectivity index (χ3v) is 1.95. The Morgan fingerprint density at radius 3 is 2.73 bits per heavy atom. The molecule has 0 spiro atoms. The van der Waals surface area contributed by atoms with Crippen molar-refractivity contribution in [1.82, 2.24) is 0 Å². The summed E-state index contributed by atoms with van der Waals surface area (Å²) in [6, 6.07) is 5.37. The third kappa shape index (κ3) is 3.54. The number of nitrogens with two attached hydrogens (primary N) is 1. The number of nitrogen functional groups attached to an aromatic ring is 1. The predicted molar refractivity (Wildman–Crippen MR) is 62.3 cm³/mol. The lowest BCUT2D eigenvalue weighted by Gasteiger charge is -2.08. The highest BCUT2D eigenvalue weighted by molar-refractivity contribution is 5.55. The molecule has 0 radical (unpaired) electrons. The summed E-state index contributed by atoms with van der Waals surface area (Å²) in [4.78, 5) is 0. The molecule has 1 aromatic carbocycles. The van der Waals surface area contributed by atoms with E-state index in [1.807, 2.05) is 26.0 Å². The standard InChI is InChI=1S/C12H17NO2/c1-9(2)6-7-15-12-8-10(14-3)4-5-11(12)13/h4-6,8H,7,13H2,1-3H3. The van der Waals surface area contributed by atoms with Crippen LogP contribution in [0.1, 0.15) is 13.8 Å². The maximum Gasteiger partial charge on any atom is 0.146 e. The van der Waals surface area contributed by atoms with E-state index in [9.17, 15) is 0 Å². The number of hydrogen-bond donors (Lipinski definition) is 1. The average Bonchev–Trinajstić information content (AvgIpc) is 2.20. The van der Waals surface area contributed by atoms with E-state index in [1.165, 1.54) is 5.57 Å². The zero-order valence-corrected chi connectivity index (χ0v) is 9.41. The number of benzene rings is 1. The summed E-state index contributed by atoms with van der Waals surface area (Å²) >= 11 is 0. The maximum absolute atomic E-state index is 5.76. The molecule has 0 heterocycles. The van der Waals surface area contributed by atoms with Crippen LogP contribution in [0.4, 0.5) is 5.69 Å². The number of allylic oxidation sites excluding steroid dienone is 1. The van der Waals surface area contributed by atoms with Gasteiger partial charge in [0.05, 0.1) is 12.8 Å². The lowest BCUT2D eigenvalue weighted by atomic mass is 10.3. The second kappa shape index (κ2) is 5.29. The Bertz CT molecular complexity index is 355. The molecule has 0 unspecified atom stereocenters. The van der Waals surface area contributed by atoms with Gasteiger partial charge in [0, 0.05) is 6.07 Å². The summed E-state index contributed by atoms with van der Waals surface area (Å²) in [5, 5.41) is 0. The molecule has 0 fully saturated rings. The first-order valence-corrected chi connectivity index (χ1v) is 4.83. The number of ether oxygens (including phenoxy) is 2. The van der Waals surface area contributed by atoms with Crippen LogP contribution in [0.2, 0.25) is 0 Å². The molecule has 0 aliphatic rings. The molecule has 0 aromatic heterocycles. The van der Waals surface area contributed by atoms with E-state index in [1.54, 1.807) is 19.2 Å². The van der Waals surface area contributed by atoms with Crippen LogP contribution in [0.25, 0.3) is 0 Å². The van der Waals surface area contributed by atoms with Gasteiger partial charge in [0.25, 0.3) is 0 Å². The van der Waals surface area contributed by atoms with E-state index in [0.29, 0.717) is 18.0 Å². The third-order valence-electron chi connectivity index (χ3n) is 1.95. The van der Waals surface area contributed by atoms with Crippen LogP contribution in [0.15, 0.2) is 29.8 Å².